The van der Waals surface area contributed by atoms with Gasteiger partial charge in [0.1, 0.15) is 11.9 Å². The highest BCUT2D eigenvalue weighted by molar-refractivity contribution is 5.94. The Morgan fingerprint density at radius 3 is 2.19 bits per heavy atom. The van der Waals surface area contributed by atoms with Crippen molar-refractivity contribution >= 4 is 11.8 Å². The van der Waals surface area contributed by atoms with Gasteiger partial charge in [-0.2, -0.15) is 0 Å². The highest BCUT2D eigenvalue weighted by Crippen LogP contribution is 2.10. The number of amides is 2. The number of hydrogen-bond donors (Lipinski definition) is 2. The maximum absolute atomic E-state index is 12.8. The molecule has 2 rings (SSSR count). The van der Waals surface area contributed by atoms with Crippen molar-refractivity contribution in [3.8, 4) is 0 Å². The van der Waals surface area contributed by atoms with Crippen molar-refractivity contribution < 1.29 is 19.1 Å². The van der Waals surface area contributed by atoms with Crippen molar-refractivity contribution in [3.05, 3.63) is 35.6 Å². The first-order valence-corrected chi connectivity index (χ1v) is 6.73. The highest BCUT2D eigenvalue weighted by atomic mass is 19.1. The van der Waals surface area contributed by atoms with E-state index in [2.05, 4.69) is 0 Å². The SMILES string of the molecule is N[C@H](CO)C(=O)N1CCN(C(=O)c2ccc(F)cc2)CC1. The van der Waals surface area contributed by atoms with Gasteiger partial charge < -0.3 is 20.6 Å². The highest BCUT2D eigenvalue weighted by Gasteiger charge is 2.27. The summed E-state index contributed by atoms with van der Waals surface area (Å²) in [6.07, 6.45) is 0. The Labute approximate surface area is 121 Å². The summed E-state index contributed by atoms with van der Waals surface area (Å²) in [5.74, 6) is -0.889. The van der Waals surface area contributed by atoms with Gasteiger partial charge >= 0.3 is 0 Å². The van der Waals surface area contributed by atoms with Gasteiger partial charge in [-0.25, -0.2) is 4.39 Å². The van der Waals surface area contributed by atoms with Crippen molar-refractivity contribution in [1.82, 2.24) is 9.80 Å². The molecule has 0 unspecified atom stereocenters. The minimum absolute atomic E-state index is 0.187. The Hall–Kier alpha value is -1.99. The van der Waals surface area contributed by atoms with E-state index in [1.54, 1.807) is 4.90 Å². The normalized spacial score (nSPS) is 16.7. The van der Waals surface area contributed by atoms with Crippen molar-refractivity contribution in [3.63, 3.8) is 0 Å². The minimum Gasteiger partial charge on any atom is -0.394 e. The molecule has 6 nitrogen and oxygen atoms in total. The van der Waals surface area contributed by atoms with Crippen LogP contribution < -0.4 is 5.73 Å². The number of piperazine rings is 1. The summed E-state index contributed by atoms with van der Waals surface area (Å²) in [6.45, 7) is 1.13. The smallest absolute Gasteiger partial charge is 0.253 e. The Morgan fingerprint density at radius 2 is 1.67 bits per heavy atom. The summed E-state index contributed by atoms with van der Waals surface area (Å²) in [5.41, 5.74) is 5.91. The number of rotatable bonds is 3. The van der Waals surface area contributed by atoms with Gasteiger partial charge in [0.05, 0.1) is 6.61 Å². The van der Waals surface area contributed by atoms with Crippen LogP contribution in [0.5, 0.6) is 0 Å². The van der Waals surface area contributed by atoms with E-state index < -0.39 is 12.6 Å². The van der Waals surface area contributed by atoms with E-state index in [1.807, 2.05) is 0 Å². The molecule has 0 spiro atoms. The van der Waals surface area contributed by atoms with Gasteiger partial charge in [-0.15, -0.1) is 0 Å². The largest absolute Gasteiger partial charge is 0.394 e. The Balaban J connectivity index is 1.93. The van der Waals surface area contributed by atoms with Crippen LogP contribution in [0, 0.1) is 5.82 Å². The molecule has 1 aromatic rings. The molecule has 1 heterocycles. The molecule has 21 heavy (non-hydrogen) atoms. The van der Waals surface area contributed by atoms with E-state index in [-0.39, 0.29) is 17.6 Å². The van der Waals surface area contributed by atoms with Gasteiger partial charge in [0.15, 0.2) is 0 Å². The van der Waals surface area contributed by atoms with Crippen molar-refractivity contribution in [1.29, 1.82) is 0 Å². The number of benzene rings is 1. The van der Waals surface area contributed by atoms with Crippen molar-refractivity contribution in [2.75, 3.05) is 32.8 Å². The fourth-order valence-corrected chi connectivity index (χ4v) is 2.22. The van der Waals surface area contributed by atoms with Gasteiger partial charge in [-0.1, -0.05) is 0 Å². The van der Waals surface area contributed by atoms with Crippen LogP contribution in [0.4, 0.5) is 4.39 Å². The quantitative estimate of drug-likeness (QED) is 0.782. The van der Waals surface area contributed by atoms with Crippen LogP contribution in [-0.2, 0) is 4.79 Å². The van der Waals surface area contributed by atoms with Gasteiger partial charge in [0.2, 0.25) is 5.91 Å². The summed E-state index contributed by atoms with van der Waals surface area (Å²) in [4.78, 5) is 27.2. The summed E-state index contributed by atoms with van der Waals surface area (Å²) in [6, 6.07) is 4.46. The van der Waals surface area contributed by atoms with E-state index in [0.717, 1.165) is 0 Å². The number of halogens is 1. The molecule has 1 aromatic carbocycles. The third-order valence-corrected chi connectivity index (χ3v) is 3.48. The Kier molecular flexibility index (Phi) is 4.87. The topological polar surface area (TPSA) is 86.9 Å². The maximum atomic E-state index is 12.8. The molecule has 0 aromatic heterocycles. The number of hydrogen-bond acceptors (Lipinski definition) is 4. The minimum atomic E-state index is -0.913. The molecule has 3 N–H and O–H groups in total. The fourth-order valence-electron chi connectivity index (χ4n) is 2.22. The molecule has 0 saturated carbocycles. The van der Waals surface area contributed by atoms with Crippen LogP contribution in [0.1, 0.15) is 10.4 Å². The van der Waals surface area contributed by atoms with E-state index in [1.165, 1.54) is 29.2 Å². The number of nitrogens with two attached hydrogens (primary N) is 1. The number of aliphatic hydroxyl groups excluding tert-OH is 1. The number of nitrogens with zero attached hydrogens (tertiary/aromatic N) is 2. The van der Waals surface area contributed by atoms with Crippen LogP contribution in [0.15, 0.2) is 24.3 Å². The second kappa shape index (κ2) is 6.64. The molecule has 1 fully saturated rings. The average Bonchev–Trinajstić information content (AvgIpc) is 2.53. The predicted octanol–water partition coefficient (Wildman–Crippen LogP) is -0.570. The second-order valence-corrected chi connectivity index (χ2v) is 4.91. The zero-order chi connectivity index (χ0) is 15.4. The Morgan fingerprint density at radius 1 is 1.14 bits per heavy atom. The lowest BCUT2D eigenvalue weighted by molar-refractivity contribution is -0.134. The lowest BCUT2D eigenvalue weighted by Gasteiger charge is -2.35. The van der Waals surface area contributed by atoms with Gasteiger partial charge in [-0.3, -0.25) is 9.59 Å². The first-order valence-electron chi connectivity index (χ1n) is 6.73. The molecule has 7 heteroatoms. The second-order valence-electron chi connectivity index (χ2n) is 4.91. The molecule has 0 bridgehead atoms. The molecule has 0 radical (unpaired) electrons. The summed E-state index contributed by atoms with van der Waals surface area (Å²) < 4.78 is 12.8. The molecule has 1 aliphatic heterocycles. The molecule has 1 saturated heterocycles. The van der Waals surface area contributed by atoms with Crippen LogP contribution in [0.3, 0.4) is 0 Å². The lowest BCUT2D eigenvalue weighted by Crippen LogP contribution is -2.55. The Bertz CT molecular complexity index is 513. The first kappa shape index (κ1) is 15.4. The van der Waals surface area contributed by atoms with Crippen LogP contribution in [0.2, 0.25) is 0 Å². The van der Waals surface area contributed by atoms with Crippen molar-refractivity contribution in [2.24, 2.45) is 5.73 Å². The van der Waals surface area contributed by atoms with E-state index >= 15 is 0 Å². The third-order valence-electron chi connectivity index (χ3n) is 3.48. The standard InChI is InChI=1S/C14H18FN3O3/c15-11-3-1-10(2-4-11)13(20)17-5-7-18(8-6-17)14(21)12(16)9-19/h1-4,12,19H,5-9,16H2/t12-/m1/s1. The first-order chi connectivity index (χ1) is 10.0. The molecular formula is C14H18FN3O3. The molecule has 2 amide bonds. The predicted molar refractivity (Wildman–Crippen MR) is 73.9 cm³/mol. The van der Waals surface area contributed by atoms with Crippen LogP contribution in [0.25, 0.3) is 0 Å². The summed E-state index contributed by atoms with van der Waals surface area (Å²) in [7, 11) is 0. The molecule has 0 aliphatic carbocycles. The fraction of sp³-hybridized carbons (Fsp3) is 0.429. The molecule has 1 aliphatic rings. The zero-order valence-electron chi connectivity index (χ0n) is 11.5. The van der Waals surface area contributed by atoms with Crippen LogP contribution in [-0.4, -0.2) is 65.5 Å². The molecular weight excluding hydrogens is 277 g/mol. The number of carbonyl (C=O) groups is 2. The number of carbonyl (C=O) groups excluding carboxylic acids is 2. The van der Waals surface area contributed by atoms with Crippen LogP contribution >= 0.6 is 0 Å². The zero-order valence-corrected chi connectivity index (χ0v) is 11.5. The lowest BCUT2D eigenvalue weighted by atomic mass is 10.1. The van der Waals surface area contributed by atoms with Gasteiger partial charge in [0, 0.05) is 31.7 Å². The third kappa shape index (κ3) is 3.56. The molecule has 1 atom stereocenters. The monoisotopic (exact) mass is 295 g/mol. The van der Waals surface area contributed by atoms with E-state index in [9.17, 15) is 14.0 Å². The summed E-state index contributed by atoms with van der Waals surface area (Å²) >= 11 is 0. The van der Waals surface area contributed by atoms with Gasteiger partial charge in [-0.05, 0) is 24.3 Å². The van der Waals surface area contributed by atoms with E-state index in [4.69, 9.17) is 10.8 Å². The molecule has 114 valence electrons. The number of aliphatic hydroxyl groups is 1. The average molecular weight is 295 g/mol. The maximum Gasteiger partial charge on any atom is 0.253 e. The van der Waals surface area contributed by atoms with E-state index in [0.29, 0.717) is 31.7 Å². The summed E-state index contributed by atoms with van der Waals surface area (Å²) in [5, 5.41) is 8.88. The van der Waals surface area contributed by atoms with Crippen molar-refractivity contribution in [2.45, 2.75) is 6.04 Å². The van der Waals surface area contributed by atoms with Gasteiger partial charge in [0.25, 0.3) is 5.91 Å².